The quantitative estimate of drug-likeness (QED) is 0.816. The molecule has 0 aliphatic carbocycles. The highest BCUT2D eigenvalue weighted by atomic mass is 35.5. The number of ether oxygens (including phenoxy) is 2. The first-order chi connectivity index (χ1) is 12.2. The van der Waals surface area contributed by atoms with E-state index in [1.54, 1.807) is 24.3 Å². The Morgan fingerprint density at radius 2 is 1.92 bits per heavy atom. The van der Waals surface area contributed by atoms with Gasteiger partial charge in [-0.2, -0.15) is 11.8 Å². The van der Waals surface area contributed by atoms with E-state index >= 15 is 0 Å². The van der Waals surface area contributed by atoms with Gasteiger partial charge in [0.15, 0.2) is 6.61 Å². The summed E-state index contributed by atoms with van der Waals surface area (Å²) in [6.45, 7) is 4.15. The monoisotopic (exact) mass is 384 g/mol. The average molecular weight is 385 g/mol. The van der Waals surface area contributed by atoms with E-state index in [1.807, 2.05) is 11.8 Å². The molecule has 5 nitrogen and oxygen atoms in total. The third-order valence-electron chi connectivity index (χ3n) is 4.90. The summed E-state index contributed by atoms with van der Waals surface area (Å²) in [5, 5.41) is 3.74. The van der Waals surface area contributed by atoms with Crippen LogP contribution in [0.3, 0.4) is 0 Å². The maximum atomic E-state index is 12.2. The lowest BCUT2D eigenvalue weighted by Crippen LogP contribution is -2.60. The highest BCUT2D eigenvalue weighted by molar-refractivity contribution is 7.99. The molecule has 2 fully saturated rings. The van der Waals surface area contributed by atoms with Crippen molar-refractivity contribution in [2.75, 3.05) is 51.0 Å². The van der Waals surface area contributed by atoms with Gasteiger partial charge in [0, 0.05) is 30.2 Å². The van der Waals surface area contributed by atoms with Crippen molar-refractivity contribution >= 4 is 29.3 Å². The summed E-state index contributed by atoms with van der Waals surface area (Å²) in [5.41, 5.74) is 0.0605. The molecule has 3 rings (SSSR count). The Labute approximate surface area is 158 Å². The molecule has 0 saturated carbocycles. The summed E-state index contributed by atoms with van der Waals surface area (Å²) in [6.07, 6.45) is 2.21. The zero-order valence-electron chi connectivity index (χ0n) is 14.3. The molecule has 2 heterocycles. The zero-order valence-corrected chi connectivity index (χ0v) is 15.9. The number of thioether (sulfide) groups is 1. The first-order valence-electron chi connectivity index (χ1n) is 8.74. The highest BCUT2D eigenvalue weighted by Crippen LogP contribution is 2.32. The topological polar surface area (TPSA) is 50.8 Å². The van der Waals surface area contributed by atoms with Crippen molar-refractivity contribution in [3.05, 3.63) is 29.3 Å². The molecule has 1 aromatic carbocycles. The summed E-state index contributed by atoms with van der Waals surface area (Å²) in [4.78, 5) is 14.8. The minimum Gasteiger partial charge on any atom is -0.484 e. The van der Waals surface area contributed by atoms with Crippen LogP contribution in [0.4, 0.5) is 0 Å². The third-order valence-corrected chi connectivity index (χ3v) is 6.14. The highest BCUT2D eigenvalue weighted by Gasteiger charge is 2.39. The van der Waals surface area contributed by atoms with Crippen LogP contribution in [0.25, 0.3) is 0 Å². The van der Waals surface area contributed by atoms with Gasteiger partial charge in [-0.25, -0.2) is 0 Å². The van der Waals surface area contributed by atoms with E-state index in [0.29, 0.717) is 17.3 Å². The maximum absolute atomic E-state index is 12.2. The van der Waals surface area contributed by atoms with Gasteiger partial charge >= 0.3 is 0 Å². The fourth-order valence-corrected chi connectivity index (χ4v) is 4.77. The molecule has 0 spiro atoms. The van der Waals surface area contributed by atoms with Crippen LogP contribution in [-0.4, -0.2) is 67.3 Å². The number of carbonyl (C=O) groups excluding carboxylic acids is 1. The molecule has 0 unspecified atom stereocenters. The molecule has 2 aliphatic heterocycles. The second kappa shape index (κ2) is 9.12. The van der Waals surface area contributed by atoms with Crippen molar-refractivity contribution in [1.29, 1.82) is 0 Å². The van der Waals surface area contributed by atoms with Gasteiger partial charge in [-0.15, -0.1) is 0 Å². The van der Waals surface area contributed by atoms with Crippen molar-refractivity contribution in [2.45, 2.75) is 18.4 Å². The second-order valence-electron chi connectivity index (χ2n) is 6.46. The number of rotatable bonds is 6. The summed E-state index contributed by atoms with van der Waals surface area (Å²) in [6, 6.07) is 7.04. The molecule has 0 radical (unpaired) electrons. The molecule has 7 heteroatoms. The van der Waals surface area contributed by atoms with E-state index in [-0.39, 0.29) is 18.1 Å². The summed E-state index contributed by atoms with van der Waals surface area (Å²) < 4.78 is 11.0. The van der Waals surface area contributed by atoms with Gasteiger partial charge in [-0.3, -0.25) is 9.69 Å². The molecule has 2 aliphatic rings. The Bertz CT molecular complexity index is 558. The molecule has 1 amide bonds. The van der Waals surface area contributed by atoms with Gasteiger partial charge in [0.05, 0.1) is 13.2 Å². The first kappa shape index (κ1) is 18.8. The molecule has 2 saturated heterocycles. The van der Waals surface area contributed by atoms with Gasteiger partial charge in [-0.05, 0) is 48.6 Å². The number of nitrogens with zero attached hydrogens (tertiary/aromatic N) is 1. The van der Waals surface area contributed by atoms with Crippen molar-refractivity contribution in [3.8, 4) is 5.75 Å². The van der Waals surface area contributed by atoms with E-state index in [9.17, 15) is 4.79 Å². The van der Waals surface area contributed by atoms with Crippen molar-refractivity contribution in [3.63, 3.8) is 0 Å². The van der Waals surface area contributed by atoms with Crippen LogP contribution in [0.1, 0.15) is 12.8 Å². The molecular formula is C18H25ClN2O3S. The Hall–Kier alpha value is -0.950. The fraction of sp³-hybridized carbons (Fsp3) is 0.611. The van der Waals surface area contributed by atoms with Crippen molar-refractivity contribution < 1.29 is 14.3 Å². The van der Waals surface area contributed by atoms with E-state index in [1.165, 1.54) is 0 Å². The standard InChI is InChI=1S/C18H25ClN2O3S/c19-15-1-3-16(4-2-15)24-13-17(22)20-14-18(5-11-25-12-6-18)21-7-9-23-10-8-21/h1-4H,5-14H2,(H,20,22). The minimum absolute atomic E-state index is 0.0234. The van der Waals surface area contributed by atoms with Gasteiger partial charge in [0.2, 0.25) is 0 Å². The van der Waals surface area contributed by atoms with Crippen LogP contribution in [0, 0.1) is 0 Å². The number of hydrogen-bond donors (Lipinski definition) is 1. The van der Waals surface area contributed by atoms with Crippen LogP contribution >= 0.6 is 23.4 Å². The minimum atomic E-state index is -0.0826. The van der Waals surface area contributed by atoms with Crippen LogP contribution in [0.15, 0.2) is 24.3 Å². The maximum Gasteiger partial charge on any atom is 0.258 e. The predicted molar refractivity (Wildman–Crippen MR) is 102 cm³/mol. The molecule has 1 aromatic rings. The fourth-order valence-electron chi connectivity index (χ4n) is 3.39. The van der Waals surface area contributed by atoms with E-state index in [0.717, 1.165) is 50.7 Å². The van der Waals surface area contributed by atoms with E-state index < -0.39 is 0 Å². The van der Waals surface area contributed by atoms with Crippen LogP contribution in [0.5, 0.6) is 5.75 Å². The van der Waals surface area contributed by atoms with Crippen molar-refractivity contribution in [1.82, 2.24) is 10.2 Å². The number of benzene rings is 1. The number of halogens is 1. The number of nitrogens with one attached hydrogen (secondary N) is 1. The Kier molecular flexibility index (Phi) is 6.87. The Balaban J connectivity index is 1.51. The van der Waals surface area contributed by atoms with Gasteiger partial charge in [-0.1, -0.05) is 11.6 Å². The smallest absolute Gasteiger partial charge is 0.258 e. The van der Waals surface area contributed by atoms with Gasteiger partial charge in [0.25, 0.3) is 5.91 Å². The molecule has 0 bridgehead atoms. The molecule has 0 atom stereocenters. The third kappa shape index (κ3) is 5.26. The Morgan fingerprint density at radius 3 is 2.60 bits per heavy atom. The normalized spacial score (nSPS) is 20.8. The number of hydrogen-bond acceptors (Lipinski definition) is 5. The SMILES string of the molecule is O=C(COc1ccc(Cl)cc1)NCC1(N2CCOCC2)CCSCC1. The van der Waals surface area contributed by atoms with Crippen LogP contribution < -0.4 is 10.1 Å². The lowest BCUT2D eigenvalue weighted by molar-refractivity contribution is -0.124. The second-order valence-corrected chi connectivity index (χ2v) is 8.12. The Morgan fingerprint density at radius 1 is 1.24 bits per heavy atom. The molecule has 138 valence electrons. The first-order valence-corrected chi connectivity index (χ1v) is 10.3. The summed E-state index contributed by atoms with van der Waals surface area (Å²) in [5.74, 6) is 2.86. The molecule has 0 aromatic heterocycles. The average Bonchev–Trinajstić information content (AvgIpc) is 2.67. The van der Waals surface area contributed by atoms with E-state index in [4.69, 9.17) is 21.1 Å². The zero-order chi connectivity index (χ0) is 17.5. The number of amides is 1. The lowest BCUT2D eigenvalue weighted by Gasteiger charge is -2.48. The summed E-state index contributed by atoms with van der Waals surface area (Å²) >= 11 is 7.85. The van der Waals surface area contributed by atoms with Crippen LogP contribution in [0.2, 0.25) is 5.02 Å². The molecule has 1 N–H and O–H groups in total. The summed E-state index contributed by atoms with van der Waals surface area (Å²) in [7, 11) is 0. The van der Waals surface area contributed by atoms with E-state index in [2.05, 4.69) is 10.2 Å². The molecule has 25 heavy (non-hydrogen) atoms. The van der Waals surface area contributed by atoms with Crippen molar-refractivity contribution in [2.24, 2.45) is 0 Å². The molecular weight excluding hydrogens is 360 g/mol. The number of carbonyl (C=O) groups is 1. The lowest BCUT2D eigenvalue weighted by atomic mass is 9.89. The van der Waals surface area contributed by atoms with Gasteiger partial charge in [0.1, 0.15) is 5.75 Å². The number of morpholine rings is 1. The largest absolute Gasteiger partial charge is 0.484 e. The predicted octanol–water partition coefficient (Wildman–Crippen LogP) is 2.43. The van der Waals surface area contributed by atoms with Gasteiger partial charge < -0.3 is 14.8 Å². The van der Waals surface area contributed by atoms with Crippen LogP contribution in [-0.2, 0) is 9.53 Å².